The number of hydrogen-bond donors (Lipinski definition) is 1. The van der Waals surface area contributed by atoms with Gasteiger partial charge in [-0.25, -0.2) is 4.79 Å². The summed E-state index contributed by atoms with van der Waals surface area (Å²) in [4.78, 5) is 12.1. The van der Waals surface area contributed by atoms with E-state index in [1.807, 2.05) is 32.6 Å². The zero-order valence-corrected chi connectivity index (χ0v) is 14.7. The van der Waals surface area contributed by atoms with E-state index in [1.165, 1.54) is 0 Å². The van der Waals surface area contributed by atoms with Crippen LogP contribution in [0.15, 0.2) is 12.1 Å². The van der Waals surface area contributed by atoms with Crippen molar-refractivity contribution in [2.75, 3.05) is 0 Å². The molecule has 0 fully saturated rings. The molecule has 20 heavy (non-hydrogen) atoms. The zero-order chi connectivity index (χ0) is 15.7. The van der Waals surface area contributed by atoms with Crippen molar-refractivity contribution in [1.82, 2.24) is 0 Å². The minimum atomic E-state index is -0.434. The van der Waals surface area contributed by atoms with Gasteiger partial charge < -0.3 is 8.90 Å². The van der Waals surface area contributed by atoms with Crippen LogP contribution in [0.5, 0.6) is 5.75 Å². The topological polar surface area (TPSA) is 46.5 Å². The molecule has 0 unspecified atom stereocenters. The van der Waals surface area contributed by atoms with Crippen LogP contribution in [0.25, 0.3) is 0 Å². The lowest BCUT2D eigenvalue weighted by molar-refractivity contribution is 0.0739. The molecule has 0 saturated heterocycles. The number of carbonyl (C=O) groups excluding carboxylic acids is 1. The molecule has 0 atom stereocenters. The van der Waals surface area contributed by atoms with Gasteiger partial charge in [-0.1, -0.05) is 53.4 Å². The predicted molar refractivity (Wildman–Crippen MR) is 82.5 cm³/mol. The molecule has 0 heterocycles. The molecule has 0 aliphatic heterocycles. The summed E-state index contributed by atoms with van der Waals surface area (Å²) in [6.07, 6.45) is 0. The van der Waals surface area contributed by atoms with Gasteiger partial charge in [0.15, 0.2) is 0 Å². The molecule has 1 rings (SSSR count). The van der Waals surface area contributed by atoms with E-state index in [2.05, 4.69) is 20.8 Å². The summed E-state index contributed by atoms with van der Waals surface area (Å²) in [5.74, 6) is 1.45. The summed E-state index contributed by atoms with van der Waals surface area (Å²) in [6, 6.07) is 3.74. The van der Waals surface area contributed by atoms with Gasteiger partial charge in [0.1, 0.15) is 5.75 Å². The van der Waals surface area contributed by atoms with E-state index in [4.69, 9.17) is 3.79 Å². The molecule has 0 aromatic heterocycles. The third kappa shape index (κ3) is 3.78. The molecule has 0 bridgehead atoms. The monoisotopic (exact) mass is 291 g/mol. The Bertz CT molecular complexity index is 508. The van der Waals surface area contributed by atoms with Gasteiger partial charge in [-0.2, -0.15) is 0 Å². The summed E-state index contributed by atoms with van der Waals surface area (Å²) >= 11 is -0.390. The predicted octanol–water partition coefficient (Wildman–Crippen LogP) is 3.81. The molecular weight excluding hydrogens is 267 g/mol. The molecular formula is C16H24AlO3. The molecule has 0 aliphatic rings. The van der Waals surface area contributed by atoms with E-state index in [0.29, 0.717) is 0 Å². The van der Waals surface area contributed by atoms with Crippen molar-refractivity contribution in [3.8, 4) is 5.75 Å². The van der Waals surface area contributed by atoms with Crippen LogP contribution in [0.3, 0.4) is 0 Å². The molecule has 1 N–H and O–H groups in total. The van der Waals surface area contributed by atoms with Crippen LogP contribution >= 0.6 is 0 Å². The molecule has 1 radical (unpaired) electrons. The van der Waals surface area contributed by atoms with Crippen LogP contribution in [-0.2, 0) is 14.6 Å². The zero-order valence-electron chi connectivity index (χ0n) is 13.5. The number of rotatable bonds is 2. The van der Waals surface area contributed by atoms with E-state index in [-0.39, 0.29) is 22.1 Å². The molecule has 3 nitrogen and oxygen atoms in total. The summed E-state index contributed by atoms with van der Waals surface area (Å²) in [5.41, 5.74) is 1.75. The number of benzene rings is 1. The van der Waals surface area contributed by atoms with Crippen LogP contribution in [0.4, 0.5) is 0 Å². The van der Waals surface area contributed by atoms with Gasteiger partial charge in [-0.15, -0.1) is 0 Å². The number of hydrogen-bond acceptors (Lipinski definition) is 3. The second-order valence-electron chi connectivity index (χ2n) is 7.06. The number of carbonyl (C=O) groups is 1. The van der Waals surface area contributed by atoms with Crippen molar-refractivity contribution in [3.63, 3.8) is 0 Å². The number of phenolic OH excluding ortho intramolecular Hbond substituents is 1. The van der Waals surface area contributed by atoms with Gasteiger partial charge in [0.25, 0.3) is 0 Å². The Morgan fingerprint density at radius 2 is 1.65 bits per heavy atom. The van der Waals surface area contributed by atoms with E-state index < -0.39 is 21.5 Å². The van der Waals surface area contributed by atoms with Crippen molar-refractivity contribution >= 4 is 21.5 Å². The molecule has 0 amide bonds. The largest absolute Gasteiger partial charge is 0.618 e. The fourth-order valence-corrected chi connectivity index (χ4v) is 2.31. The summed E-state index contributed by atoms with van der Waals surface area (Å²) in [6.45, 7) is 12.3. The SMILES string of the molecule is [CH3][Al][O]C(=O)c1cc(C(C)(C)C)cc(C(C)(C)C)c1O. The van der Waals surface area contributed by atoms with E-state index in [1.54, 1.807) is 6.07 Å². The summed E-state index contributed by atoms with van der Waals surface area (Å²) < 4.78 is 5.13. The first-order valence-electron chi connectivity index (χ1n) is 6.85. The van der Waals surface area contributed by atoms with Gasteiger partial charge >= 0.3 is 21.5 Å². The third-order valence-corrected chi connectivity index (χ3v) is 3.68. The molecule has 0 aliphatic carbocycles. The highest BCUT2D eigenvalue weighted by molar-refractivity contribution is 6.29. The first kappa shape index (κ1) is 17.1. The fraction of sp³-hybridized carbons (Fsp3) is 0.562. The van der Waals surface area contributed by atoms with Crippen LogP contribution in [0.2, 0.25) is 5.79 Å². The van der Waals surface area contributed by atoms with Crippen molar-refractivity contribution in [2.24, 2.45) is 0 Å². The fourth-order valence-electron chi connectivity index (χ4n) is 1.97. The molecule has 0 spiro atoms. The van der Waals surface area contributed by atoms with Crippen LogP contribution in [-0.4, -0.2) is 26.6 Å². The van der Waals surface area contributed by atoms with Crippen molar-refractivity contribution in [2.45, 2.75) is 58.2 Å². The number of phenols is 1. The third-order valence-electron chi connectivity index (χ3n) is 3.23. The second kappa shape index (κ2) is 5.79. The maximum atomic E-state index is 12.1. The smallest absolute Gasteiger partial charge is 0.522 e. The van der Waals surface area contributed by atoms with Crippen molar-refractivity contribution < 1.29 is 13.7 Å². The van der Waals surface area contributed by atoms with Crippen LogP contribution < -0.4 is 0 Å². The van der Waals surface area contributed by atoms with Crippen molar-refractivity contribution in [3.05, 3.63) is 28.8 Å². The molecule has 0 saturated carbocycles. The van der Waals surface area contributed by atoms with Crippen LogP contribution in [0, 0.1) is 0 Å². The highest BCUT2D eigenvalue weighted by atomic mass is 27.1. The second-order valence-corrected chi connectivity index (χ2v) is 7.77. The van der Waals surface area contributed by atoms with Gasteiger partial charge in [0.2, 0.25) is 0 Å². The Morgan fingerprint density at radius 1 is 1.10 bits per heavy atom. The Labute approximate surface area is 128 Å². The quantitative estimate of drug-likeness (QED) is 0.843. The summed E-state index contributed by atoms with van der Waals surface area (Å²) in [5, 5.41) is 10.4. The standard InChI is InChI=1S/C15H22O3.CH3.Al/c1-14(2,3)9-7-10(13(17)18)12(16)11(8-9)15(4,5)6;;/h7-8,16H,1-6H3,(H,17,18);1H3;/q;;+1/p-1. The van der Waals surface area contributed by atoms with Gasteiger partial charge in [0.05, 0.1) is 5.56 Å². The van der Waals surface area contributed by atoms with Gasteiger partial charge in [-0.3, -0.25) is 0 Å². The lowest BCUT2D eigenvalue weighted by Gasteiger charge is -2.27. The lowest BCUT2D eigenvalue weighted by atomic mass is 9.79. The Balaban J connectivity index is 3.55. The maximum Gasteiger partial charge on any atom is 0.522 e. The number of aromatic hydroxyl groups is 1. The minimum absolute atomic E-state index is 0.0448. The first-order chi connectivity index (χ1) is 8.98. The molecule has 1 aromatic carbocycles. The Kier molecular flexibility index (Phi) is 4.95. The molecule has 1 aromatic rings. The molecule has 109 valence electrons. The highest BCUT2D eigenvalue weighted by Gasteiger charge is 2.27. The average molecular weight is 291 g/mol. The lowest BCUT2D eigenvalue weighted by Crippen LogP contribution is -2.19. The minimum Gasteiger partial charge on any atom is -0.618 e. The average Bonchev–Trinajstić information content (AvgIpc) is 2.26. The Morgan fingerprint density at radius 3 is 2.05 bits per heavy atom. The first-order valence-corrected chi connectivity index (χ1v) is 8.48. The normalized spacial score (nSPS) is 12.2. The van der Waals surface area contributed by atoms with Crippen LogP contribution in [0.1, 0.15) is 63.0 Å². The van der Waals surface area contributed by atoms with Gasteiger partial charge in [0, 0.05) is 5.56 Å². The van der Waals surface area contributed by atoms with E-state index >= 15 is 0 Å². The molecule has 4 heteroatoms. The summed E-state index contributed by atoms with van der Waals surface area (Å²) in [7, 11) is 0. The highest BCUT2D eigenvalue weighted by Crippen LogP contribution is 2.37. The van der Waals surface area contributed by atoms with E-state index in [0.717, 1.165) is 11.1 Å². The Hall–Kier alpha value is -0.978. The van der Waals surface area contributed by atoms with Gasteiger partial charge in [-0.05, 0) is 22.5 Å². The van der Waals surface area contributed by atoms with Crippen molar-refractivity contribution in [1.29, 1.82) is 0 Å². The maximum absolute atomic E-state index is 12.1. The van der Waals surface area contributed by atoms with E-state index in [9.17, 15) is 9.90 Å².